The fourth-order valence-corrected chi connectivity index (χ4v) is 4.39. The van der Waals surface area contributed by atoms with Crippen molar-refractivity contribution in [1.82, 2.24) is 19.6 Å². The first-order valence-electron chi connectivity index (χ1n) is 11.4. The zero-order chi connectivity index (χ0) is 22.3. The number of ether oxygens (including phenoxy) is 1. The Kier molecular flexibility index (Phi) is 7.55. The van der Waals surface area contributed by atoms with Crippen LogP contribution in [-0.4, -0.2) is 59.9 Å². The van der Waals surface area contributed by atoms with E-state index in [0.717, 1.165) is 37.4 Å². The Morgan fingerprint density at radius 1 is 1.06 bits per heavy atom. The molecule has 170 valence electrons. The van der Waals surface area contributed by atoms with Gasteiger partial charge in [-0.1, -0.05) is 24.3 Å². The van der Waals surface area contributed by atoms with Gasteiger partial charge in [-0.05, 0) is 75.1 Å². The Hall–Kier alpha value is -2.70. The van der Waals surface area contributed by atoms with E-state index in [1.54, 1.807) is 23.9 Å². The van der Waals surface area contributed by atoms with E-state index in [-0.39, 0.29) is 5.82 Å². The van der Waals surface area contributed by atoms with Crippen LogP contribution in [0.1, 0.15) is 24.0 Å². The maximum atomic E-state index is 14.2. The van der Waals surface area contributed by atoms with Gasteiger partial charge >= 0.3 is 0 Å². The molecule has 1 aliphatic heterocycles. The molecule has 0 aliphatic carbocycles. The van der Waals surface area contributed by atoms with E-state index in [1.807, 2.05) is 30.6 Å². The summed E-state index contributed by atoms with van der Waals surface area (Å²) in [6.45, 7) is 5.21. The van der Waals surface area contributed by atoms with Crippen LogP contribution in [0.5, 0.6) is 5.75 Å². The Morgan fingerprint density at radius 2 is 1.81 bits per heavy atom. The molecule has 0 bridgehead atoms. The zero-order valence-electron chi connectivity index (χ0n) is 19.1. The zero-order valence-corrected chi connectivity index (χ0v) is 19.1. The quantitative estimate of drug-likeness (QED) is 0.498. The smallest absolute Gasteiger partial charge is 0.148 e. The number of aromatic nitrogens is 2. The predicted molar refractivity (Wildman–Crippen MR) is 126 cm³/mol. The highest BCUT2D eigenvalue weighted by Gasteiger charge is 2.20. The average molecular weight is 437 g/mol. The Morgan fingerprint density at radius 3 is 2.53 bits per heavy atom. The number of benzene rings is 2. The number of para-hydroxylation sites is 1. The molecule has 2 aromatic carbocycles. The molecule has 3 aromatic rings. The van der Waals surface area contributed by atoms with Gasteiger partial charge in [0.05, 0.1) is 13.3 Å². The molecule has 0 radical (unpaired) electrons. The molecule has 5 nitrogen and oxygen atoms in total. The van der Waals surface area contributed by atoms with Crippen molar-refractivity contribution in [2.24, 2.45) is 5.92 Å². The summed E-state index contributed by atoms with van der Waals surface area (Å²) in [5.41, 5.74) is 2.90. The first-order chi connectivity index (χ1) is 15.6. The lowest BCUT2D eigenvalue weighted by atomic mass is 9.96. The number of hydrogen-bond acceptors (Lipinski definition) is 4. The minimum atomic E-state index is -0.259. The summed E-state index contributed by atoms with van der Waals surface area (Å²) in [4.78, 5) is 4.94. The second kappa shape index (κ2) is 10.7. The highest BCUT2D eigenvalue weighted by atomic mass is 19.1. The van der Waals surface area contributed by atoms with Crippen LogP contribution in [0.15, 0.2) is 60.9 Å². The van der Waals surface area contributed by atoms with Gasteiger partial charge in [-0.15, -0.1) is 0 Å². The summed E-state index contributed by atoms with van der Waals surface area (Å²) < 4.78 is 21.1. The minimum absolute atomic E-state index is 0.259. The van der Waals surface area contributed by atoms with Gasteiger partial charge in [0, 0.05) is 31.4 Å². The Labute approximate surface area is 190 Å². The van der Waals surface area contributed by atoms with Gasteiger partial charge in [0.15, 0.2) is 0 Å². The van der Waals surface area contributed by atoms with Gasteiger partial charge < -0.3 is 9.64 Å². The SMILES string of the molecule is COc1ccc(CCN(Cc2cnn(-c3ccccc3F)c2)CC2CCN(C)CC2)cc1. The molecule has 0 atom stereocenters. The minimum Gasteiger partial charge on any atom is -0.497 e. The third kappa shape index (κ3) is 5.96. The van der Waals surface area contributed by atoms with Crippen molar-refractivity contribution in [3.63, 3.8) is 0 Å². The maximum absolute atomic E-state index is 14.2. The van der Waals surface area contributed by atoms with E-state index in [2.05, 4.69) is 34.1 Å². The number of methoxy groups -OCH3 is 1. The molecule has 1 aliphatic rings. The first-order valence-corrected chi connectivity index (χ1v) is 11.4. The molecule has 0 saturated carbocycles. The normalized spacial score (nSPS) is 15.4. The van der Waals surface area contributed by atoms with Crippen molar-refractivity contribution in [1.29, 1.82) is 0 Å². The van der Waals surface area contributed by atoms with Gasteiger partial charge in [-0.2, -0.15) is 5.10 Å². The monoisotopic (exact) mass is 436 g/mol. The Bertz CT molecular complexity index is 980. The standard InChI is InChI=1S/C26H33FN4O/c1-29-14-11-22(12-15-29)18-30(16-13-21-7-9-24(32-2)10-8-21)19-23-17-28-31(20-23)26-6-4-3-5-25(26)27/h3-10,17,20,22H,11-16,18-19H2,1-2H3. The van der Waals surface area contributed by atoms with Gasteiger partial charge in [0.25, 0.3) is 0 Å². The number of piperidine rings is 1. The summed E-state index contributed by atoms with van der Waals surface area (Å²) in [7, 11) is 3.90. The molecule has 6 heteroatoms. The molecule has 0 N–H and O–H groups in total. The van der Waals surface area contributed by atoms with E-state index in [0.29, 0.717) is 11.6 Å². The molecule has 0 spiro atoms. The van der Waals surface area contributed by atoms with Crippen LogP contribution in [0.25, 0.3) is 5.69 Å². The largest absolute Gasteiger partial charge is 0.497 e. The van der Waals surface area contributed by atoms with Crippen molar-refractivity contribution in [2.75, 3.05) is 40.3 Å². The summed E-state index contributed by atoms with van der Waals surface area (Å²) in [5, 5.41) is 4.42. The molecule has 1 aromatic heterocycles. The molecule has 1 fully saturated rings. The number of halogens is 1. The van der Waals surface area contributed by atoms with E-state index in [4.69, 9.17) is 4.74 Å². The summed E-state index contributed by atoms with van der Waals surface area (Å²) in [5.74, 6) is 1.34. The third-order valence-corrected chi connectivity index (χ3v) is 6.37. The van der Waals surface area contributed by atoms with Crippen LogP contribution in [0.3, 0.4) is 0 Å². The number of rotatable bonds is 9. The van der Waals surface area contributed by atoms with Gasteiger partial charge in [-0.25, -0.2) is 9.07 Å². The molecule has 4 rings (SSSR count). The van der Waals surface area contributed by atoms with E-state index >= 15 is 0 Å². The van der Waals surface area contributed by atoms with Crippen molar-refractivity contribution in [3.8, 4) is 11.4 Å². The van der Waals surface area contributed by atoms with Crippen LogP contribution in [0, 0.1) is 11.7 Å². The van der Waals surface area contributed by atoms with Crippen LogP contribution in [-0.2, 0) is 13.0 Å². The number of nitrogens with zero attached hydrogens (tertiary/aromatic N) is 4. The molecule has 0 amide bonds. The molecule has 1 saturated heterocycles. The first kappa shape index (κ1) is 22.5. The van der Waals surface area contributed by atoms with Crippen molar-refractivity contribution in [2.45, 2.75) is 25.8 Å². The molecular weight excluding hydrogens is 403 g/mol. The number of hydrogen-bond donors (Lipinski definition) is 0. The molecule has 0 unspecified atom stereocenters. The molecule has 2 heterocycles. The van der Waals surface area contributed by atoms with Gasteiger partial charge in [-0.3, -0.25) is 4.90 Å². The van der Waals surface area contributed by atoms with Gasteiger partial charge in [0.1, 0.15) is 17.3 Å². The summed E-state index contributed by atoms with van der Waals surface area (Å²) in [6.07, 6.45) is 7.28. The van der Waals surface area contributed by atoms with Crippen molar-refractivity contribution < 1.29 is 9.13 Å². The fourth-order valence-electron chi connectivity index (χ4n) is 4.39. The maximum Gasteiger partial charge on any atom is 0.148 e. The van der Waals surface area contributed by atoms with Crippen LogP contribution >= 0.6 is 0 Å². The lowest BCUT2D eigenvalue weighted by molar-refractivity contribution is 0.157. The highest BCUT2D eigenvalue weighted by Crippen LogP contribution is 2.20. The van der Waals surface area contributed by atoms with Crippen LogP contribution < -0.4 is 4.74 Å². The number of likely N-dealkylation sites (tertiary alicyclic amines) is 1. The van der Waals surface area contributed by atoms with E-state index < -0.39 is 0 Å². The lowest BCUT2D eigenvalue weighted by Crippen LogP contribution is -2.37. The second-order valence-electron chi connectivity index (χ2n) is 8.82. The summed E-state index contributed by atoms with van der Waals surface area (Å²) >= 11 is 0. The van der Waals surface area contributed by atoms with E-state index in [1.165, 1.54) is 37.6 Å². The predicted octanol–water partition coefficient (Wildman–Crippen LogP) is 4.41. The van der Waals surface area contributed by atoms with Gasteiger partial charge in [0.2, 0.25) is 0 Å². The lowest BCUT2D eigenvalue weighted by Gasteiger charge is -2.33. The van der Waals surface area contributed by atoms with Crippen LogP contribution in [0.2, 0.25) is 0 Å². The summed E-state index contributed by atoms with van der Waals surface area (Å²) in [6, 6.07) is 15.1. The third-order valence-electron chi connectivity index (χ3n) is 6.37. The Balaban J connectivity index is 1.43. The topological polar surface area (TPSA) is 33.5 Å². The van der Waals surface area contributed by atoms with Crippen molar-refractivity contribution >= 4 is 0 Å². The molecular formula is C26H33FN4O. The van der Waals surface area contributed by atoms with E-state index in [9.17, 15) is 4.39 Å². The highest BCUT2D eigenvalue weighted by molar-refractivity contribution is 5.33. The average Bonchev–Trinajstić information content (AvgIpc) is 3.28. The second-order valence-corrected chi connectivity index (χ2v) is 8.82. The fraction of sp³-hybridized carbons (Fsp3) is 0.423. The van der Waals surface area contributed by atoms with Crippen LogP contribution in [0.4, 0.5) is 4.39 Å². The van der Waals surface area contributed by atoms with Crippen molar-refractivity contribution in [3.05, 3.63) is 77.9 Å². The molecule has 32 heavy (non-hydrogen) atoms.